The van der Waals surface area contributed by atoms with Gasteiger partial charge in [0.15, 0.2) is 0 Å². The zero-order valence-corrected chi connectivity index (χ0v) is 11.2. The Bertz CT molecular complexity index is 182. The van der Waals surface area contributed by atoms with Gasteiger partial charge in [-0.3, -0.25) is 0 Å². The van der Waals surface area contributed by atoms with E-state index in [0.29, 0.717) is 5.41 Å². The Morgan fingerprint density at radius 2 is 1.53 bits per heavy atom. The summed E-state index contributed by atoms with van der Waals surface area (Å²) in [5.74, 6) is 0.932. The van der Waals surface area contributed by atoms with Crippen LogP contribution in [0.1, 0.15) is 66.7 Å². The molecule has 0 aromatic rings. The van der Waals surface area contributed by atoms with Crippen molar-refractivity contribution >= 4 is 0 Å². The minimum atomic E-state index is 0.0196. The van der Waals surface area contributed by atoms with Gasteiger partial charge in [-0.1, -0.05) is 26.7 Å². The number of hydrogen-bond acceptors (Lipinski definition) is 1. The molecular formula is C14H28O. The first-order chi connectivity index (χ1) is 6.81. The van der Waals surface area contributed by atoms with Crippen molar-refractivity contribution in [1.29, 1.82) is 0 Å². The van der Waals surface area contributed by atoms with Crippen LogP contribution in [0.15, 0.2) is 0 Å². The first kappa shape index (κ1) is 13.0. The summed E-state index contributed by atoms with van der Waals surface area (Å²) in [5.41, 5.74) is 0.494. The molecule has 0 aliphatic heterocycles. The van der Waals surface area contributed by atoms with E-state index in [1.807, 2.05) is 0 Å². The van der Waals surface area contributed by atoms with Crippen molar-refractivity contribution in [3.05, 3.63) is 0 Å². The third-order valence-electron chi connectivity index (χ3n) is 3.74. The number of rotatable bonds is 4. The standard InChI is InChI=1S/C14H28O/c1-13(2,3)15-11-10-14(4,5)12-8-6-7-9-12/h12H,6-11H2,1-5H3. The third-order valence-corrected chi connectivity index (χ3v) is 3.74. The van der Waals surface area contributed by atoms with E-state index in [0.717, 1.165) is 12.5 Å². The molecule has 0 aromatic heterocycles. The van der Waals surface area contributed by atoms with Crippen LogP contribution in [-0.2, 0) is 4.74 Å². The Hall–Kier alpha value is -0.0400. The fourth-order valence-corrected chi connectivity index (χ4v) is 2.53. The highest BCUT2D eigenvalue weighted by atomic mass is 16.5. The van der Waals surface area contributed by atoms with Crippen molar-refractivity contribution in [2.45, 2.75) is 72.3 Å². The molecular weight excluding hydrogens is 184 g/mol. The summed E-state index contributed by atoms with van der Waals surface area (Å²) in [7, 11) is 0. The molecule has 0 spiro atoms. The molecule has 1 saturated carbocycles. The molecule has 0 atom stereocenters. The summed E-state index contributed by atoms with van der Waals surface area (Å²) in [6, 6.07) is 0. The smallest absolute Gasteiger partial charge is 0.0598 e. The molecule has 1 nitrogen and oxygen atoms in total. The highest BCUT2D eigenvalue weighted by molar-refractivity contribution is 4.82. The van der Waals surface area contributed by atoms with E-state index >= 15 is 0 Å². The molecule has 0 radical (unpaired) electrons. The molecule has 0 saturated heterocycles. The lowest BCUT2D eigenvalue weighted by Gasteiger charge is -2.33. The number of ether oxygens (including phenoxy) is 1. The Kier molecular flexibility index (Phi) is 4.22. The Labute approximate surface area is 95.6 Å². The monoisotopic (exact) mass is 212 g/mol. The molecule has 15 heavy (non-hydrogen) atoms. The molecule has 1 heteroatoms. The van der Waals surface area contributed by atoms with Crippen molar-refractivity contribution in [2.24, 2.45) is 11.3 Å². The summed E-state index contributed by atoms with van der Waals surface area (Å²) in [6.07, 6.45) is 6.95. The predicted octanol–water partition coefficient (Wildman–Crippen LogP) is 4.41. The van der Waals surface area contributed by atoms with Crippen molar-refractivity contribution < 1.29 is 4.74 Å². The zero-order chi connectivity index (χ0) is 11.5. The van der Waals surface area contributed by atoms with E-state index in [1.54, 1.807) is 0 Å². The summed E-state index contributed by atoms with van der Waals surface area (Å²) in [6.45, 7) is 12.1. The SMILES string of the molecule is CC(C)(C)OCCC(C)(C)C1CCCC1. The molecule has 0 unspecified atom stereocenters. The molecule has 0 amide bonds. The average molecular weight is 212 g/mol. The lowest BCUT2D eigenvalue weighted by Crippen LogP contribution is -2.27. The maximum absolute atomic E-state index is 5.82. The minimum Gasteiger partial charge on any atom is -0.376 e. The summed E-state index contributed by atoms with van der Waals surface area (Å²) in [4.78, 5) is 0. The molecule has 90 valence electrons. The van der Waals surface area contributed by atoms with Gasteiger partial charge in [-0.2, -0.15) is 0 Å². The van der Waals surface area contributed by atoms with Gasteiger partial charge >= 0.3 is 0 Å². The van der Waals surface area contributed by atoms with Gasteiger partial charge in [0.05, 0.1) is 5.60 Å². The van der Waals surface area contributed by atoms with Gasteiger partial charge in [-0.05, 0) is 51.4 Å². The Morgan fingerprint density at radius 3 is 2.00 bits per heavy atom. The van der Waals surface area contributed by atoms with Gasteiger partial charge in [-0.15, -0.1) is 0 Å². The van der Waals surface area contributed by atoms with Gasteiger partial charge < -0.3 is 4.74 Å². The van der Waals surface area contributed by atoms with Crippen LogP contribution in [0.5, 0.6) is 0 Å². The maximum atomic E-state index is 5.82. The van der Waals surface area contributed by atoms with Crippen LogP contribution in [0.4, 0.5) is 0 Å². The van der Waals surface area contributed by atoms with Crippen molar-refractivity contribution in [3.63, 3.8) is 0 Å². The average Bonchev–Trinajstić information content (AvgIpc) is 2.52. The fourth-order valence-electron chi connectivity index (χ4n) is 2.53. The van der Waals surface area contributed by atoms with Gasteiger partial charge in [0.1, 0.15) is 0 Å². The maximum Gasteiger partial charge on any atom is 0.0598 e. The third kappa shape index (κ3) is 4.55. The molecule has 0 N–H and O–H groups in total. The van der Waals surface area contributed by atoms with Crippen LogP contribution in [0, 0.1) is 11.3 Å². The van der Waals surface area contributed by atoms with E-state index in [4.69, 9.17) is 4.74 Å². The molecule has 0 bridgehead atoms. The second-order valence-electron chi connectivity index (χ2n) is 6.68. The minimum absolute atomic E-state index is 0.0196. The Morgan fingerprint density at radius 1 is 1.00 bits per heavy atom. The van der Waals surface area contributed by atoms with Crippen molar-refractivity contribution in [2.75, 3.05) is 6.61 Å². The van der Waals surface area contributed by atoms with E-state index in [2.05, 4.69) is 34.6 Å². The van der Waals surface area contributed by atoms with Crippen LogP contribution in [-0.4, -0.2) is 12.2 Å². The highest BCUT2D eigenvalue weighted by Crippen LogP contribution is 2.41. The van der Waals surface area contributed by atoms with E-state index in [9.17, 15) is 0 Å². The predicted molar refractivity (Wildman–Crippen MR) is 66.1 cm³/mol. The molecule has 1 aliphatic carbocycles. The van der Waals surface area contributed by atoms with E-state index in [-0.39, 0.29) is 5.60 Å². The lowest BCUT2D eigenvalue weighted by atomic mass is 9.75. The normalized spacial score (nSPS) is 19.8. The first-order valence-corrected chi connectivity index (χ1v) is 6.45. The molecule has 0 aromatic carbocycles. The second kappa shape index (κ2) is 4.86. The van der Waals surface area contributed by atoms with Gasteiger partial charge in [0, 0.05) is 6.61 Å². The van der Waals surface area contributed by atoms with Crippen LogP contribution in [0.3, 0.4) is 0 Å². The zero-order valence-electron chi connectivity index (χ0n) is 11.2. The molecule has 1 aliphatic rings. The van der Waals surface area contributed by atoms with E-state index in [1.165, 1.54) is 32.1 Å². The van der Waals surface area contributed by atoms with Gasteiger partial charge in [0.2, 0.25) is 0 Å². The van der Waals surface area contributed by atoms with Crippen LogP contribution in [0.25, 0.3) is 0 Å². The fraction of sp³-hybridized carbons (Fsp3) is 1.00. The van der Waals surface area contributed by atoms with Crippen LogP contribution < -0.4 is 0 Å². The first-order valence-electron chi connectivity index (χ1n) is 6.45. The summed E-state index contributed by atoms with van der Waals surface area (Å²) >= 11 is 0. The summed E-state index contributed by atoms with van der Waals surface area (Å²) < 4.78 is 5.82. The molecule has 0 heterocycles. The largest absolute Gasteiger partial charge is 0.376 e. The summed E-state index contributed by atoms with van der Waals surface area (Å²) in [5, 5.41) is 0. The highest BCUT2D eigenvalue weighted by Gasteiger charge is 2.31. The quantitative estimate of drug-likeness (QED) is 0.671. The number of hydrogen-bond donors (Lipinski definition) is 0. The van der Waals surface area contributed by atoms with Crippen molar-refractivity contribution in [1.82, 2.24) is 0 Å². The second-order valence-corrected chi connectivity index (χ2v) is 6.68. The van der Waals surface area contributed by atoms with Crippen LogP contribution in [0.2, 0.25) is 0 Å². The lowest BCUT2D eigenvalue weighted by molar-refractivity contribution is -0.0215. The topological polar surface area (TPSA) is 9.23 Å². The van der Waals surface area contributed by atoms with Crippen molar-refractivity contribution in [3.8, 4) is 0 Å². The molecule has 1 rings (SSSR count). The Balaban J connectivity index is 2.29. The van der Waals surface area contributed by atoms with E-state index < -0.39 is 0 Å². The molecule has 1 fully saturated rings. The van der Waals surface area contributed by atoms with Crippen LogP contribution >= 0.6 is 0 Å². The van der Waals surface area contributed by atoms with Gasteiger partial charge in [0.25, 0.3) is 0 Å². The van der Waals surface area contributed by atoms with Gasteiger partial charge in [-0.25, -0.2) is 0 Å².